The van der Waals surface area contributed by atoms with Gasteiger partial charge in [-0.25, -0.2) is 9.37 Å². The smallest absolute Gasteiger partial charge is 0.313 e. The summed E-state index contributed by atoms with van der Waals surface area (Å²) in [6.07, 6.45) is 1.29. The van der Waals surface area contributed by atoms with Gasteiger partial charge in [0.1, 0.15) is 18.0 Å². The maximum absolute atomic E-state index is 12.9. The van der Waals surface area contributed by atoms with E-state index in [1.807, 2.05) is 0 Å². The molecule has 110 valence electrons. The van der Waals surface area contributed by atoms with E-state index in [-0.39, 0.29) is 10.7 Å². The van der Waals surface area contributed by atoms with Crippen LogP contribution >= 0.6 is 11.6 Å². The Balaban J connectivity index is 1.98. The minimum Gasteiger partial charge on any atom is -0.338 e. The number of anilines is 1. The van der Waals surface area contributed by atoms with Crippen molar-refractivity contribution in [3.8, 4) is 0 Å². The van der Waals surface area contributed by atoms with E-state index in [4.69, 9.17) is 11.6 Å². The van der Waals surface area contributed by atoms with Crippen molar-refractivity contribution in [3.05, 3.63) is 41.2 Å². The first-order chi connectivity index (χ1) is 9.97. The number of aromatic amines is 1. The lowest BCUT2D eigenvalue weighted by molar-refractivity contribution is -0.136. The van der Waals surface area contributed by atoms with E-state index in [0.29, 0.717) is 5.82 Å². The van der Waals surface area contributed by atoms with E-state index < -0.39 is 23.7 Å². The van der Waals surface area contributed by atoms with Crippen LogP contribution < -0.4 is 10.6 Å². The van der Waals surface area contributed by atoms with E-state index in [1.165, 1.54) is 12.4 Å². The highest BCUT2D eigenvalue weighted by Gasteiger charge is 2.19. The third-order valence-electron chi connectivity index (χ3n) is 2.58. The predicted octanol–water partition coefficient (Wildman–Crippen LogP) is 1.41. The fourth-order valence-electron chi connectivity index (χ4n) is 1.52. The molecule has 0 saturated carbocycles. The van der Waals surface area contributed by atoms with Crippen LogP contribution in [0, 0.1) is 5.82 Å². The van der Waals surface area contributed by atoms with Gasteiger partial charge in [0.2, 0.25) is 0 Å². The van der Waals surface area contributed by atoms with Crippen molar-refractivity contribution >= 4 is 29.1 Å². The molecule has 9 heteroatoms. The lowest BCUT2D eigenvalue weighted by atomic mass is 10.3. The molecule has 0 radical (unpaired) electrons. The zero-order valence-electron chi connectivity index (χ0n) is 10.9. The number of aromatic nitrogens is 3. The topological polar surface area (TPSA) is 99.8 Å². The van der Waals surface area contributed by atoms with Gasteiger partial charge in [-0.3, -0.25) is 14.7 Å². The van der Waals surface area contributed by atoms with Gasteiger partial charge in [-0.15, -0.1) is 0 Å². The van der Waals surface area contributed by atoms with Crippen molar-refractivity contribution in [2.45, 2.75) is 13.0 Å². The van der Waals surface area contributed by atoms with E-state index in [2.05, 4.69) is 25.8 Å². The summed E-state index contributed by atoms with van der Waals surface area (Å²) in [6, 6.07) is 2.90. The van der Waals surface area contributed by atoms with Crippen LogP contribution in [0.4, 0.5) is 10.1 Å². The van der Waals surface area contributed by atoms with Crippen LogP contribution in [0.5, 0.6) is 0 Å². The van der Waals surface area contributed by atoms with Gasteiger partial charge in [0.05, 0.1) is 16.8 Å². The number of H-pyrrole nitrogens is 1. The molecule has 1 aromatic heterocycles. The molecule has 0 aliphatic carbocycles. The van der Waals surface area contributed by atoms with Crippen LogP contribution in [0.25, 0.3) is 0 Å². The molecule has 0 aliphatic rings. The Hall–Kier alpha value is -2.48. The Labute approximate surface area is 123 Å². The minimum atomic E-state index is -0.921. The maximum Gasteiger partial charge on any atom is 0.313 e. The molecule has 3 N–H and O–H groups in total. The van der Waals surface area contributed by atoms with Gasteiger partial charge >= 0.3 is 11.8 Å². The minimum absolute atomic E-state index is 0.000525. The highest BCUT2D eigenvalue weighted by atomic mass is 35.5. The molecule has 2 aromatic rings. The number of hydrogen-bond donors (Lipinski definition) is 3. The van der Waals surface area contributed by atoms with Gasteiger partial charge in [0.25, 0.3) is 0 Å². The second-order valence-electron chi connectivity index (χ2n) is 4.14. The van der Waals surface area contributed by atoms with E-state index in [1.54, 1.807) is 6.92 Å². The zero-order chi connectivity index (χ0) is 15.4. The Morgan fingerprint density at radius 2 is 2.14 bits per heavy atom. The van der Waals surface area contributed by atoms with Gasteiger partial charge < -0.3 is 10.6 Å². The number of halogens is 2. The number of benzene rings is 1. The van der Waals surface area contributed by atoms with Crippen molar-refractivity contribution < 1.29 is 14.0 Å². The lowest BCUT2D eigenvalue weighted by Crippen LogP contribution is -2.37. The van der Waals surface area contributed by atoms with Gasteiger partial charge in [0, 0.05) is 0 Å². The summed E-state index contributed by atoms with van der Waals surface area (Å²) in [7, 11) is 0. The Morgan fingerprint density at radius 3 is 2.76 bits per heavy atom. The summed E-state index contributed by atoms with van der Waals surface area (Å²) in [5.41, 5.74) is 0.144. The number of carbonyl (C=O) groups is 2. The number of rotatable bonds is 3. The molecule has 1 unspecified atom stereocenters. The number of amides is 2. The van der Waals surface area contributed by atoms with Gasteiger partial charge in [-0.2, -0.15) is 5.10 Å². The lowest BCUT2D eigenvalue weighted by Gasteiger charge is -2.11. The van der Waals surface area contributed by atoms with Crippen LogP contribution in [0.15, 0.2) is 24.5 Å². The average Bonchev–Trinajstić information content (AvgIpc) is 2.95. The first-order valence-corrected chi connectivity index (χ1v) is 6.27. The Bertz CT molecular complexity index is 662. The largest absolute Gasteiger partial charge is 0.338 e. The van der Waals surface area contributed by atoms with Gasteiger partial charge in [0.15, 0.2) is 0 Å². The van der Waals surface area contributed by atoms with Crippen LogP contribution in [0.3, 0.4) is 0 Å². The zero-order valence-corrected chi connectivity index (χ0v) is 11.6. The normalized spacial score (nSPS) is 11.8. The first kappa shape index (κ1) is 14.9. The summed E-state index contributed by atoms with van der Waals surface area (Å²) in [4.78, 5) is 27.3. The second-order valence-corrected chi connectivity index (χ2v) is 4.55. The molecule has 1 heterocycles. The van der Waals surface area contributed by atoms with Gasteiger partial charge in [-0.1, -0.05) is 11.6 Å². The number of nitrogens with zero attached hydrogens (tertiary/aromatic N) is 2. The highest BCUT2D eigenvalue weighted by Crippen LogP contribution is 2.22. The number of nitrogens with one attached hydrogen (secondary N) is 3. The SMILES string of the molecule is CC(NC(=O)C(=O)Nc1ccc(F)cc1Cl)c1ncn[nH]1. The molecule has 0 bridgehead atoms. The number of carbonyl (C=O) groups excluding carboxylic acids is 2. The Morgan fingerprint density at radius 1 is 1.38 bits per heavy atom. The molecule has 0 fully saturated rings. The molecule has 0 spiro atoms. The average molecular weight is 312 g/mol. The second kappa shape index (κ2) is 6.31. The quantitative estimate of drug-likeness (QED) is 0.746. The Kier molecular flexibility index (Phi) is 4.49. The molecule has 7 nitrogen and oxygen atoms in total. The molecule has 2 amide bonds. The van der Waals surface area contributed by atoms with Crippen LogP contribution in [0.1, 0.15) is 18.8 Å². The third kappa shape index (κ3) is 3.76. The molecule has 21 heavy (non-hydrogen) atoms. The monoisotopic (exact) mass is 311 g/mol. The predicted molar refractivity (Wildman–Crippen MR) is 73.0 cm³/mol. The van der Waals surface area contributed by atoms with Crippen LogP contribution in [0.2, 0.25) is 5.02 Å². The van der Waals surface area contributed by atoms with Crippen LogP contribution in [-0.2, 0) is 9.59 Å². The summed E-state index contributed by atoms with van der Waals surface area (Å²) >= 11 is 5.76. The molecule has 2 rings (SSSR count). The van der Waals surface area contributed by atoms with Crippen LogP contribution in [-0.4, -0.2) is 27.0 Å². The van der Waals surface area contributed by atoms with Gasteiger partial charge in [-0.05, 0) is 25.1 Å². The molecular formula is C12H11ClFN5O2. The highest BCUT2D eigenvalue weighted by molar-refractivity contribution is 6.41. The fourth-order valence-corrected chi connectivity index (χ4v) is 1.74. The summed E-state index contributed by atoms with van der Waals surface area (Å²) in [5, 5.41) is 10.9. The van der Waals surface area contributed by atoms with E-state index >= 15 is 0 Å². The van der Waals surface area contributed by atoms with Crippen molar-refractivity contribution in [1.82, 2.24) is 20.5 Å². The fraction of sp³-hybridized carbons (Fsp3) is 0.167. The van der Waals surface area contributed by atoms with Crippen molar-refractivity contribution in [1.29, 1.82) is 0 Å². The van der Waals surface area contributed by atoms with Crippen molar-refractivity contribution in [2.24, 2.45) is 0 Å². The molecule has 0 aliphatic heterocycles. The molecule has 1 atom stereocenters. The first-order valence-electron chi connectivity index (χ1n) is 5.89. The summed E-state index contributed by atoms with van der Waals surface area (Å²) < 4.78 is 12.9. The molecular weight excluding hydrogens is 301 g/mol. The van der Waals surface area contributed by atoms with E-state index in [9.17, 15) is 14.0 Å². The molecule has 1 aromatic carbocycles. The summed E-state index contributed by atoms with van der Waals surface area (Å²) in [5.74, 6) is -1.92. The maximum atomic E-state index is 12.9. The third-order valence-corrected chi connectivity index (χ3v) is 2.89. The van der Waals surface area contributed by atoms with E-state index in [0.717, 1.165) is 12.1 Å². The number of hydrogen-bond acceptors (Lipinski definition) is 4. The standard InChI is InChI=1S/C12H11ClFN5O2/c1-6(10-15-5-16-19-10)17-11(20)12(21)18-9-3-2-7(14)4-8(9)13/h2-6H,1H3,(H,17,20)(H,18,21)(H,15,16,19). The summed E-state index contributed by atoms with van der Waals surface area (Å²) in [6.45, 7) is 1.64. The van der Waals surface area contributed by atoms with Crippen molar-refractivity contribution in [3.63, 3.8) is 0 Å². The van der Waals surface area contributed by atoms with Crippen molar-refractivity contribution in [2.75, 3.05) is 5.32 Å². The molecule has 0 saturated heterocycles.